The van der Waals surface area contributed by atoms with E-state index in [1.54, 1.807) is 13.8 Å². The van der Waals surface area contributed by atoms with E-state index in [9.17, 15) is 24.9 Å². The van der Waals surface area contributed by atoms with E-state index in [0.717, 1.165) is 6.42 Å². The summed E-state index contributed by atoms with van der Waals surface area (Å²) in [6.07, 6.45) is -0.418. The Labute approximate surface area is 160 Å². The minimum absolute atomic E-state index is 0.105. The van der Waals surface area contributed by atoms with Gasteiger partial charge in [-0.3, -0.25) is 9.59 Å². The molecule has 0 amide bonds. The number of hydrogen-bond donors (Lipinski definition) is 3. The van der Waals surface area contributed by atoms with Gasteiger partial charge in [0.15, 0.2) is 17.1 Å². The molecule has 0 aromatic heterocycles. The number of carbonyl (C=O) groups is 2. The van der Waals surface area contributed by atoms with Gasteiger partial charge in [-0.25, -0.2) is 4.39 Å². The summed E-state index contributed by atoms with van der Waals surface area (Å²) in [4.78, 5) is 25.1. The van der Waals surface area contributed by atoms with Crippen LogP contribution in [-0.2, 0) is 9.59 Å². The monoisotopic (exact) mass is 384 g/mol. The molecule has 0 radical (unpaired) electrons. The molecule has 0 saturated heterocycles. The third-order valence-electron chi connectivity index (χ3n) is 8.49. The van der Waals surface area contributed by atoms with E-state index in [4.69, 9.17) is 0 Å². The lowest BCUT2D eigenvalue weighted by Crippen LogP contribution is -2.70. The van der Waals surface area contributed by atoms with Crippen LogP contribution in [-0.4, -0.2) is 50.4 Å². The van der Waals surface area contributed by atoms with Crippen molar-refractivity contribution in [3.8, 4) is 0 Å². The Hall–Kier alpha value is -0.850. The highest BCUT2D eigenvalue weighted by Gasteiger charge is 2.76. The summed E-state index contributed by atoms with van der Waals surface area (Å²) in [7, 11) is 0. The van der Waals surface area contributed by atoms with Crippen molar-refractivity contribution in [1.82, 2.24) is 0 Å². The number of halogens is 1. The van der Waals surface area contributed by atoms with Crippen molar-refractivity contribution < 1.29 is 29.3 Å². The van der Waals surface area contributed by atoms with Gasteiger partial charge < -0.3 is 15.3 Å². The number of aliphatic hydroxyl groups is 3. The van der Waals surface area contributed by atoms with Crippen molar-refractivity contribution in [3.63, 3.8) is 0 Å². The van der Waals surface area contributed by atoms with Crippen molar-refractivity contribution in [2.24, 2.45) is 22.7 Å². The fourth-order valence-corrected chi connectivity index (χ4v) is 6.80. The van der Waals surface area contributed by atoms with Crippen molar-refractivity contribution in [2.75, 3.05) is 0 Å². The Balaban J connectivity index is 2.10. The van der Waals surface area contributed by atoms with Crippen LogP contribution in [0.15, 0.2) is 0 Å². The molecular formula is C21H33FO5. The van der Waals surface area contributed by atoms with E-state index in [-0.39, 0.29) is 31.5 Å². The number of hydrogen-bond acceptors (Lipinski definition) is 5. The molecule has 3 aliphatic carbocycles. The van der Waals surface area contributed by atoms with Gasteiger partial charge in [0.05, 0.1) is 17.6 Å². The minimum atomic E-state index is -2.11. The van der Waals surface area contributed by atoms with E-state index in [0.29, 0.717) is 12.8 Å². The highest BCUT2D eigenvalue weighted by molar-refractivity contribution is 5.88. The number of ketones is 2. The van der Waals surface area contributed by atoms with Crippen molar-refractivity contribution in [2.45, 2.75) is 96.1 Å². The molecule has 0 aromatic rings. The molecule has 3 saturated carbocycles. The first-order chi connectivity index (χ1) is 12.4. The number of fused-ring (bicyclic) bond motifs is 3. The SMILES string of the molecule is CCCC[C@@]1(C)C(=O)CC[C@H]2[C@@H]3C[C@@H](O)[C@](O)(C(C)=O)[C@@]3(C)C[C@H](O)[C@@]21F. The molecule has 0 aromatic carbocycles. The maximum Gasteiger partial charge on any atom is 0.164 e. The molecule has 0 unspecified atom stereocenters. The Kier molecular flexibility index (Phi) is 4.89. The highest BCUT2D eigenvalue weighted by Crippen LogP contribution is 2.68. The summed E-state index contributed by atoms with van der Waals surface area (Å²) in [5.41, 5.74) is -6.51. The molecule has 6 heteroatoms. The fourth-order valence-electron chi connectivity index (χ4n) is 6.80. The Morgan fingerprint density at radius 3 is 2.41 bits per heavy atom. The molecule has 3 rings (SSSR count). The third-order valence-corrected chi connectivity index (χ3v) is 8.49. The standard InChI is InChI=1S/C21H33FO5/c1-5-6-9-18(3)15(24)8-7-13-14-10-16(25)21(27,12(2)23)19(14,4)11-17(26)20(13,18)22/h13-14,16-17,25-27H,5-11H2,1-4H3/t13-,14-,16+,17-,18-,19-,20-,21+/m0/s1. The lowest BCUT2D eigenvalue weighted by atomic mass is 9.45. The van der Waals surface area contributed by atoms with Gasteiger partial charge >= 0.3 is 0 Å². The van der Waals surface area contributed by atoms with Gasteiger partial charge in [0, 0.05) is 17.8 Å². The predicted octanol–water partition coefficient (Wildman–Crippen LogP) is 2.34. The second kappa shape index (κ2) is 6.33. The summed E-state index contributed by atoms with van der Waals surface area (Å²) >= 11 is 0. The summed E-state index contributed by atoms with van der Waals surface area (Å²) in [5.74, 6) is -1.85. The van der Waals surface area contributed by atoms with Crippen LogP contribution in [0.4, 0.5) is 4.39 Å². The zero-order chi connectivity index (χ0) is 20.4. The second-order valence-corrected chi connectivity index (χ2v) is 9.59. The topological polar surface area (TPSA) is 94.8 Å². The van der Waals surface area contributed by atoms with Gasteiger partial charge in [0.2, 0.25) is 0 Å². The molecular weight excluding hydrogens is 351 g/mol. The average Bonchev–Trinajstić information content (AvgIpc) is 2.80. The maximum atomic E-state index is 16.7. The third kappa shape index (κ3) is 2.32. The molecule has 0 heterocycles. The van der Waals surface area contributed by atoms with Crippen LogP contribution in [0.5, 0.6) is 0 Å². The molecule has 27 heavy (non-hydrogen) atoms. The molecule has 5 nitrogen and oxygen atoms in total. The van der Waals surface area contributed by atoms with E-state index in [1.807, 2.05) is 6.92 Å². The van der Waals surface area contributed by atoms with Crippen LogP contribution >= 0.6 is 0 Å². The van der Waals surface area contributed by atoms with Crippen LogP contribution in [0.2, 0.25) is 0 Å². The van der Waals surface area contributed by atoms with Gasteiger partial charge in [-0.05, 0) is 45.4 Å². The minimum Gasteiger partial charge on any atom is -0.390 e. The summed E-state index contributed by atoms with van der Waals surface area (Å²) in [6.45, 7) is 6.52. The quantitative estimate of drug-likeness (QED) is 0.692. The molecule has 0 spiro atoms. The number of Topliss-reactive ketones (excluding diaryl/α,β-unsaturated/α-hetero) is 2. The Bertz CT molecular complexity index is 652. The van der Waals surface area contributed by atoms with E-state index in [1.165, 1.54) is 6.92 Å². The number of unbranched alkanes of at least 4 members (excludes halogenated alkanes) is 1. The van der Waals surface area contributed by atoms with E-state index < -0.39 is 51.9 Å². The summed E-state index contributed by atoms with van der Waals surface area (Å²) in [6, 6.07) is 0. The van der Waals surface area contributed by atoms with Crippen molar-refractivity contribution in [1.29, 1.82) is 0 Å². The van der Waals surface area contributed by atoms with Crippen LogP contribution in [0, 0.1) is 22.7 Å². The van der Waals surface area contributed by atoms with Gasteiger partial charge in [-0.1, -0.05) is 26.7 Å². The zero-order valence-corrected chi connectivity index (χ0v) is 16.8. The molecule has 3 aliphatic rings. The van der Waals surface area contributed by atoms with Crippen LogP contribution in [0.25, 0.3) is 0 Å². The first-order valence-electron chi connectivity index (χ1n) is 10.2. The molecule has 3 N–H and O–H groups in total. The van der Waals surface area contributed by atoms with Gasteiger partial charge in [-0.2, -0.15) is 0 Å². The zero-order valence-electron chi connectivity index (χ0n) is 16.8. The van der Waals surface area contributed by atoms with Gasteiger partial charge in [0.25, 0.3) is 0 Å². The summed E-state index contributed by atoms with van der Waals surface area (Å²) < 4.78 is 16.7. The Morgan fingerprint density at radius 2 is 1.85 bits per heavy atom. The number of rotatable bonds is 4. The largest absolute Gasteiger partial charge is 0.390 e. The van der Waals surface area contributed by atoms with E-state index in [2.05, 4.69) is 0 Å². The number of carbonyl (C=O) groups excluding carboxylic acids is 2. The maximum absolute atomic E-state index is 16.7. The van der Waals surface area contributed by atoms with E-state index >= 15 is 4.39 Å². The average molecular weight is 384 g/mol. The first-order valence-corrected chi connectivity index (χ1v) is 10.2. The molecule has 3 fully saturated rings. The number of aliphatic hydroxyl groups excluding tert-OH is 2. The normalized spacial score (nSPS) is 52.4. The first kappa shape index (κ1) is 20.9. The lowest BCUT2D eigenvalue weighted by Gasteiger charge is -2.61. The fraction of sp³-hybridized carbons (Fsp3) is 0.905. The molecule has 154 valence electrons. The second-order valence-electron chi connectivity index (χ2n) is 9.59. The van der Waals surface area contributed by atoms with Crippen LogP contribution < -0.4 is 0 Å². The van der Waals surface area contributed by atoms with Gasteiger partial charge in [0.1, 0.15) is 5.78 Å². The molecule has 0 bridgehead atoms. The highest BCUT2D eigenvalue weighted by atomic mass is 19.1. The smallest absolute Gasteiger partial charge is 0.164 e. The molecule has 8 atom stereocenters. The van der Waals surface area contributed by atoms with Crippen molar-refractivity contribution in [3.05, 3.63) is 0 Å². The molecule has 0 aliphatic heterocycles. The van der Waals surface area contributed by atoms with Crippen LogP contribution in [0.3, 0.4) is 0 Å². The predicted molar refractivity (Wildman–Crippen MR) is 97.7 cm³/mol. The Morgan fingerprint density at radius 1 is 1.22 bits per heavy atom. The lowest BCUT2D eigenvalue weighted by molar-refractivity contribution is -0.234. The van der Waals surface area contributed by atoms with Crippen molar-refractivity contribution >= 4 is 11.6 Å². The number of alkyl halides is 1. The van der Waals surface area contributed by atoms with Crippen LogP contribution in [0.1, 0.15) is 72.6 Å². The summed E-state index contributed by atoms with van der Waals surface area (Å²) in [5, 5.41) is 32.7. The van der Waals surface area contributed by atoms with Gasteiger partial charge in [-0.15, -0.1) is 0 Å².